The largest absolute Gasteiger partial charge is 0.411 e. The minimum atomic E-state index is -4.46. The summed E-state index contributed by atoms with van der Waals surface area (Å²) < 4.78 is 39.9. The van der Waals surface area contributed by atoms with Crippen molar-refractivity contribution in [1.82, 2.24) is 10.2 Å². The van der Waals surface area contributed by atoms with Gasteiger partial charge in [-0.15, -0.1) is 0 Å². The lowest BCUT2D eigenvalue weighted by Crippen LogP contribution is -2.49. The average molecular weight is 373 g/mol. The van der Waals surface area contributed by atoms with Gasteiger partial charge in [-0.3, -0.25) is 9.59 Å². The van der Waals surface area contributed by atoms with Gasteiger partial charge in [-0.2, -0.15) is 13.2 Å². The molecule has 1 aliphatic heterocycles. The number of ether oxygens (including phenoxy) is 1. The first-order valence-corrected chi connectivity index (χ1v) is 8.34. The third-order valence-corrected chi connectivity index (χ3v) is 3.91. The zero-order chi connectivity index (χ0) is 19.0. The highest BCUT2D eigenvalue weighted by Crippen LogP contribution is 2.16. The number of rotatable bonds is 7. The van der Waals surface area contributed by atoms with Crippen LogP contribution in [0.3, 0.4) is 0 Å². The Bertz CT molecular complexity index is 588. The summed E-state index contributed by atoms with van der Waals surface area (Å²) in [6.45, 7) is 0.577. The van der Waals surface area contributed by atoms with Crippen molar-refractivity contribution in [2.24, 2.45) is 0 Å². The maximum Gasteiger partial charge on any atom is 0.411 e. The van der Waals surface area contributed by atoms with Crippen molar-refractivity contribution in [3.8, 4) is 0 Å². The Morgan fingerprint density at radius 1 is 1.08 bits per heavy atom. The van der Waals surface area contributed by atoms with Gasteiger partial charge >= 0.3 is 6.18 Å². The number of carbonyl (C=O) groups is 2. The summed E-state index contributed by atoms with van der Waals surface area (Å²) in [7, 11) is 0. The van der Waals surface area contributed by atoms with E-state index in [1.165, 1.54) is 0 Å². The van der Waals surface area contributed by atoms with Crippen molar-refractivity contribution in [3.63, 3.8) is 0 Å². The number of halogens is 3. The van der Waals surface area contributed by atoms with E-state index in [4.69, 9.17) is 0 Å². The zero-order valence-corrected chi connectivity index (χ0v) is 14.3. The molecule has 2 rings (SSSR count). The molecule has 1 heterocycles. The molecule has 1 N–H and O–H groups in total. The normalized spacial score (nSPS) is 15.0. The number of nitrogens with one attached hydrogen (secondary N) is 1. The standard InChI is InChI=1S/C17H22F3N3O3/c18-17(19,20)13-26-12-15(24)21-7-6-16(25)23-10-8-22(9-11-23)14-4-2-1-3-5-14/h1-5H,6-13H2,(H,21,24). The molecule has 2 amide bonds. The van der Waals surface area contributed by atoms with Crippen LogP contribution in [0.2, 0.25) is 0 Å². The van der Waals surface area contributed by atoms with Crippen molar-refractivity contribution in [2.45, 2.75) is 12.6 Å². The molecule has 0 atom stereocenters. The number of para-hydroxylation sites is 1. The van der Waals surface area contributed by atoms with Crippen LogP contribution in [-0.4, -0.2) is 68.8 Å². The maximum absolute atomic E-state index is 12.1. The van der Waals surface area contributed by atoms with E-state index < -0.39 is 25.3 Å². The Morgan fingerprint density at radius 3 is 2.35 bits per heavy atom. The predicted molar refractivity (Wildman–Crippen MR) is 89.7 cm³/mol. The molecule has 0 radical (unpaired) electrons. The Balaban J connectivity index is 1.61. The molecule has 1 saturated heterocycles. The highest BCUT2D eigenvalue weighted by atomic mass is 19.4. The Hall–Kier alpha value is -2.29. The number of benzene rings is 1. The van der Waals surface area contributed by atoms with Gasteiger partial charge in [0, 0.05) is 44.8 Å². The molecular formula is C17H22F3N3O3. The molecule has 1 fully saturated rings. The van der Waals surface area contributed by atoms with E-state index >= 15 is 0 Å². The molecule has 6 nitrogen and oxygen atoms in total. The molecule has 0 unspecified atom stereocenters. The molecule has 1 aromatic carbocycles. The molecular weight excluding hydrogens is 351 g/mol. The third kappa shape index (κ3) is 6.91. The number of nitrogens with zero attached hydrogens (tertiary/aromatic N) is 2. The average Bonchev–Trinajstić information content (AvgIpc) is 2.61. The van der Waals surface area contributed by atoms with Crippen LogP contribution in [0.1, 0.15) is 6.42 Å². The Labute approximate surface area is 149 Å². The topological polar surface area (TPSA) is 61.9 Å². The number of anilines is 1. The highest BCUT2D eigenvalue weighted by molar-refractivity contribution is 5.79. The van der Waals surface area contributed by atoms with Crippen LogP contribution in [0.5, 0.6) is 0 Å². The van der Waals surface area contributed by atoms with Crippen LogP contribution < -0.4 is 10.2 Å². The van der Waals surface area contributed by atoms with E-state index in [0.717, 1.165) is 18.8 Å². The van der Waals surface area contributed by atoms with Crippen molar-refractivity contribution >= 4 is 17.5 Å². The van der Waals surface area contributed by atoms with Crippen molar-refractivity contribution in [2.75, 3.05) is 50.8 Å². The lowest BCUT2D eigenvalue weighted by molar-refractivity contribution is -0.175. The van der Waals surface area contributed by atoms with Gasteiger partial charge in [0.2, 0.25) is 11.8 Å². The zero-order valence-electron chi connectivity index (χ0n) is 14.3. The van der Waals surface area contributed by atoms with Crippen LogP contribution in [0, 0.1) is 0 Å². The lowest BCUT2D eigenvalue weighted by atomic mass is 10.2. The van der Waals surface area contributed by atoms with E-state index in [9.17, 15) is 22.8 Å². The highest BCUT2D eigenvalue weighted by Gasteiger charge is 2.27. The first kappa shape index (κ1) is 20.0. The van der Waals surface area contributed by atoms with E-state index in [1.807, 2.05) is 30.3 Å². The van der Waals surface area contributed by atoms with Crippen LogP contribution in [0.15, 0.2) is 30.3 Å². The first-order valence-electron chi connectivity index (χ1n) is 8.34. The Morgan fingerprint density at radius 2 is 1.73 bits per heavy atom. The minimum absolute atomic E-state index is 0.0753. The van der Waals surface area contributed by atoms with E-state index in [2.05, 4.69) is 15.0 Å². The molecule has 0 bridgehead atoms. The molecule has 0 saturated carbocycles. The summed E-state index contributed by atoms with van der Waals surface area (Å²) in [6, 6.07) is 9.93. The summed E-state index contributed by atoms with van der Waals surface area (Å²) >= 11 is 0. The molecule has 26 heavy (non-hydrogen) atoms. The lowest BCUT2D eigenvalue weighted by Gasteiger charge is -2.36. The van der Waals surface area contributed by atoms with E-state index in [-0.39, 0.29) is 18.9 Å². The van der Waals surface area contributed by atoms with Gasteiger partial charge in [-0.05, 0) is 12.1 Å². The summed E-state index contributed by atoms with van der Waals surface area (Å²) in [5, 5.41) is 2.38. The number of hydrogen-bond acceptors (Lipinski definition) is 4. The van der Waals surface area contributed by atoms with E-state index in [1.54, 1.807) is 4.90 Å². The predicted octanol–water partition coefficient (Wildman–Crippen LogP) is 1.42. The molecule has 0 aromatic heterocycles. The fraction of sp³-hybridized carbons (Fsp3) is 0.529. The molecule has 1 aromatic rings. The fourth-order valence-corrected chi connectivity index (χ4v) is 2.63. The fourth-order valence-electron chi connectivity index (χ4n) is 2.63. The maximum atomic E-state index is 12.1. The van der Waals surface area contributed by atoms with Crippen LogP contribution in [-0.2, 0) is 14.3 Å². The molecule has 0 spiro atoms. The molecule has 0 aliphatic carbocycles. The molecule has 144 valence electrons. The van der Waals surface area contributed by atoms with Gasteiger partial charge in [-0.25, -0.2) is 0 Å². The number of piperazine rings is 1. The summed E-state index contributed by atoms with van der Waals surface area (Å²) in [5.74, 6) is -0.759. The monoisotopic (exact) mass is 373 g/mol. The van der Waals surface area contributed by atoms with Crippen LogP contribution in [0.4, 0.5) is 18.9 Å². The summed E-state index contributed by atoms with van der Waals surface area (Å²) in [6.07, 6.45) is -4.35. The molecule has 9 heteroatoms. The van der Waals surface area contributed by atoms with Gasteiger partial charge in [-0.1, -0.05) is 18.2 Å². The number of amides is 2. The van der Waals surface area contributed by atoms with Gasteiger partial charge in [0.15, 0.2) is 0 Å². The van der Waals surface area contributed by atoms with Crippen LogP contribution in [0.25, 0.3) is 0 Å². The van der Waals surface area contributed by atoms with Gasteiger partial charge in [0.1, 0.15) is 13.2 Å². The second-order valence-electron chi connectivity index (χ2n) is 5.91. The Kier molecular flexibility index (Phi) is 7.26. The number of hydrogen-bond donors (Lipinski definition) is 1. The number of alkyl halides is 3. The quantitative estimate of drug-likeness (QED) is 0.785. The number of carbonyl (C=O) groups excluding carboxylic acids is 2. The van der Waals surface area contributed by atoms with Gasteiger partial charge in [0.25, 0.3) is 0 Å². The smallest absolute Gasteiger partial charge is 0.368 e. The van der Waals surface area contributed by atoms with E-state index in [0.29, 0.717) is 13.1 Å². The second-order valence-corrected chi connectivity index (χ2v) is 5.91. The van der Waals surface area contributed by atoms with Crippen LogP contribution >= 0.6 is 0 Å². The van der Waals surface area contributed by atoms with Gasteiger partial charge < -0.3 is 19.9 Å². The third-order valence-electron chi connectivity index (χ3n) is 3.91. The summed E-state index contributed by atoms with van der Waals surface area (Å²) in [4.78, 5) is 27.4. The minimum Gasteiger partial charge on any atom is -0.368 e. The van der Waals surface area contributed by atoms with Crippen molar-refractivity contribution < 1.29 is 27.5 Å². The summed E-state index contributed by atoms with van der Waals surface area (Å²) in [5.41, 5.74) is 1.12. The van der Waals surface area contributed by atoms with Crippen molar-refractivity contribution in [3.05, 3.63) is 30.3 Å². The second kappa shape index (κ2) is 9.42. The SMILES string of the molecule is O=C(COCC(F)(F)F)NCCC(=O)N1CCN(c2ccccc2)CC1. The van der Waals surface area contributed by atoms with Gasteiger partial charge in [0.05, 0.1) is 0 Å². The van der Waals surface area contributed by atoms with Crippen molar-refractivity contribution in [1.29, 1.82) is 0 Å². The first-order chi connectivity index (χ1) is 12.3. The molecule has 1 aliphatic rings.